The van der Waals surface area contributed by atoms with Crippen LogP contribution in [0, 0.1) is 0 Å². The smallest absolute Gasteiger partial charge is 0.339 e. The first-order chi connectivity index (χ1) is 9.65. The van der Waals surface area contributed by atoms with E-state index in [0.717, 1.165) is 5.56 Å². The van der Waals surface area contributed by atoms with E-state index in [1.165, 1.54) is 0 Å². The minimum Gasteiger partial charge on any atom is -0.448 e. The Balaban J connectivity index is 1.79. The van der Waals surface area contributed by atoms with Crippen LogP contribution in [0.15, 0.2) is 18.2 Å². The molecule has 0 N–H and O–H groups in total. The second-order valence-electron chi connectivity index (χ2n) is 4.84. The molecule has 1 aromatic carbocycles. The number of ether oxygens (including phenoxy) is 2. The Bertz CT molecular complexity index is 554. The minimum atomic E-state index is -0.741. The van der Waals surface area contributed by atoms with E-state index in [1.54, 1.807) is 23.1 Å². The summed E-state index contributed by atoms with van der Waals surface area (Å²) in [5.41, 5.74) is 1.25. The zero-order valence-corrected chi connectivity index (χ0v) is 11.6. The fraction of sp³-hybridized carbons (Fsp3) is 0.429. The number of hydrogen-bond donors (Lipinski definition) is 0. The highest BCUT2D eigenvalue weighted by Gasteiger charge is 2.34. The average Bonchev–Trinajstić information content (AvgIpc) is 2.48. The van der Waals surface area contributed by atoms with Gasteiger partial charge >= 0.3 is 5.97 Å². The highest BCUT2D eigenvalue weighted by Crippen LogP contribution is 2.25. The molecule has 20 heavy (non-hydrogen) atoms. The Kier molecular flexibility index (Phi) is 3.63. The molecule has 6 heteroatoms. The van der Waals surface area contributed by atoms with Gasteiger partial charge in [0.15, 0.2) is 6.10 Å². The van der Waals surface area contributed by atoms with Crippen molar-refractivity contribution in [3.05, 3.63) is 34.3 Å². The van der Waals surface area contributed by atoms with Gasteiger partial charge in [0.2, 0.25) is 0 Å². The number of amides is 1. The summed E-state index contributed by atoms with van der Waals surface area (Å²) in [4.78, 5) is 26.0. The third-order valence-corrected chi connectivity index (χ3v) is 3.78. The zero-order valence-electron chi connectivity index (χ0n) is 10.8. The van der Waals surface area contributed by atoms with Gasteiger partial charge in [-0.3, -0.25) is 4.79 Å². The molecular weight excluding hydrogens is 282 g/mol. The predicted molar refractivity (Wildman–Crippen MR) is 71.8 cm³/mol. The summed E-state index contributed by atoms with van der Waals surface area (Å²) in [6.45, 7) is 2.14. The summed E-state index contributed by atoms with van der Waals surface area (Å²) in [6.07, 6.45) is -0.344. The van der Waals surface area contributed by atoms with E-state index >= 15 is 0 Å². The van der Waals surface area contributed by atoms with Gasteiger partial charge in [-0.2, -0.15) is 0 Å². The lowest BCUT2D eigenvalue weighted by Crippen LogP contribution is -2.48. The van der Waals surface area contributed by atoms with Crippen LogP contribution in [-0.2, 0) is 20.7 Å². The summed E-state index contributed by atoms with van der Waals surface area (Å²) >= 11 is 5.87. The molecule has 2 aliphatic heterocycles. The van der Waals surface area contributed by atoms with Gasteiger partial charge in [-0.25, -0.2) is 4.79 Å². The topological polar surface area (TPSA) is 55.8 Å². The number of cyclic esters (lactones) is 1. The maximum Gasteiger partial charge on any atom is 0.339 e. The van der Waals surface area contributed by atoms with E-state index < -0.39 is 12.1 Å². The van der Waals surface area contributed by atoms with Crippen LogP contribution in [0.25, 0.3) is 0 Å². The lowest BCUT2D eigenvalue weighted by Gasteiger charge is -2.32. The first-order valence-electron chi connectivity index (χ1n) is 6.51. The fourth-order valence-electron chi connectivity index (χ4n) is 2.48. The number of fused-ring (bicyclic) bond motifs is 1. The van der Waals surface area contributed by atoms with Crippen molar-refractivity contribution in [1.82, 2.24) is 4.90 Å². The molecule has 5 nitrogen and oxygen atoms in total. The fourth-order valence-corrected chi connectivity index (χ4v) is 2.65. The molecule has 2 aliphatic rings. The predicted octanol–water partition coefficient (Wildman–Crippen LogP) is 1.28. The molecule has 0 spiro atoms. The molecule has 2 heterocycles. The van der Waals surface area contributed by atoms with Crippen LogP contribution < -0.4 is 0 Å². The Morgan fingerprint density at radius 2 is 2.05 bits per heavy atom. The first kappa shape index (κ1) is 13.4. The highest BCUT2D eigenvalue weighted by molar-refractivity contribution is 6.31. The van der Waals surface area contributed by atoms with Gasteiger partial charge in [-0.15, -0.1) is 0 Å². The standard InChI is InChI=1S/C14H14ClNO4/c15-10-2-1-9-7-12(20-14(18)11(9)8-10)13(17)16-3-5-19-6-4-16/h1-2,8,12H,3-7H2/t12-/m0/s1. The number of hydrogen-bond acceptors (Lipinski definition) is 4. The second-order valence-corrected chi connectivity index (χ2v) is 5.27. The van der Waals surface area contributed by atoms with Gasteiger partial charge in [0.1, 0.15) is 0 Å². The first-order valence-corrected chi connectivity index (χ1v) is 6.89. The van der Waals surface area contributed by atoms with E-state index in [2.05, 4.69) is 0 Å². The maximum atomic E-state index is 12.3. The molecule has 1 amide bonds. The van der Waals surface area contributed by atoms with Crippen LogP contribution in [0.5, 0.6) is 0 Å². The molecular formula is C14H14ClNO4. The van der Waals surface area contributed by atoms with E-state index in [9.17, 15) is 9.59 Å². The summed E-state index contributed by atoms with van der Waals surface area (Å²) < 4.78 is 10.5. The average molecular weight is 296 g/mol. The highest BCUT2D eigenvalue weighted by atomic mass is 35.5. The molecule has 0 radical (unpaired) electrons. The molecule has 106 valence electrons. The van der Waals surface area contributed by atoms with Crippen molar-refractivity contribution in [1.29, 1.82) is 0 Å². The number of rotatable bonds is 1. The Hall–Kier alpha value is -1.59. The van der Waals surface area contributed by atoms with Gasteiger partial charge < -0.3 is 14.4 Å². The van der Waals surface area contributed by atoms with E-state index in [-0.39, 0.29) is 5.91 Å². The summed E-state index contributed by atoms with van der Waals surface area (Å²) in [5.74, 6) is -0.636. The minimum absolute atomic E-state index is 0.151. The number of carbonyl (C=O) groups is 2. The van der Waals surface area contributed by atoms with Crippen molar-refractivity contribution in [3.63, 3.8) is 0 Å². The number of carbonyl (C=O) groups excluding carboxylic acids is 2. The summed E-state index contributed by atoms with van der Waals surface area (Å²) in [7, 11) is 0. The Morgan fingerprint density at radius 3 is 2.80 bits per heavy atom. The lowest BCUT2D eigenvalue weighted by molar-refractivity contribution is -0.145. The van der Waals surface area contributed by atoms with Gasteiger partial charge in [0.05, 0.1) is 18.8 Å². The van der Waals surface area contributed by atoms with Crippen molar-refractivity contribution in [2.45, 2.75) is 12.5 Å². The molecule has 0 bridgehead atoms. The van der Waals surface area contributed by atoms with Gasteiger partial charge in [-0.1, -0.05) is 17.7 Å². The molecule has 1 fully saturated rings. The molecule has 0 aromatic heterocycles. The SMILES string of the molecule is O=C1O[C@H](C(=O)N2CCOCC2)Cc2ccc(Cl)cc21. The number of halogens is 1. The number of esters is 1. The van der Waals surface area contributed by atoms with Crippen LogP contribution in [0.2, 0.25) is 5.02 Å². The van der Waals surface area contributed by atoms with Crippen molar-refractivity contribution >= 4 is 23.5 Å². The summed E-state index contributed by atoms with van der Waals surface area (Å²) in [6, 6.07) is 5.07. The van der Waals surface area contributed by atoms with Crippen molar-refractivity contribution in [3.8, 4) is 0 Å². The van der Waals surface area contributed by atoms with Crippen LogP contribution in [0.4, 0.5) is 0 Å². The second kappa shape index (κ2) is 5.42. The molecule has 1 atom stereocenters. The molecule has 0 saturated carbocycles. The normalized spacial score (nSPS) is 22.1. The van der Waals surface area contributed by atoms with Gasteiger partial charge in [0.25, 0.3) is 5.91 Å². The monoisotopic (exact) mass is 295 g/mol. The lowest BCUT2D eigenvalue weighted by atomic mass is 9.98. The van der Waals surface area contributed by atoms with E-state index in [0.29, 0.717) is 43.3 Å². The van der Waals surface area contributed by atoms with Crippen molar-refractivity contribution < 1.29 is 19.1 Å². The van der Waals surface area contributed by atoms with Gasteiger partial charge in [-0.05, 0) is 17.7 Å². The summed E-state index contributed by atoms with van der Waals surface area (Å²) in [5, 5.41) is 0.485. The largest absolute Gasteiger partial charge is 0.448 e. The third kappa shape index (κ3) is 2.51. The number of morpholine rings is 1. The Labute approximate surface area is 121 Å². The molecule has 3 rings (SSSR count). The van der Waals surface area contributed by atoms with Crippen molar-refractivity contribution in [2.75, 3.05) is 26.3 Å². The third-order valence-electron chi connectivity index (χ3n) is 3.54. The van der Waals surface area contributed by atoms with E-state index in [4.69, 9.17) is 21.1 Å². The maximum absolute atomic E-state index is 12.3. The molecule has 0 aliphatic carbocycles. The van der Waals surface area contributed by atoms with Crippen LogP contribution >= 0.6 is 11.6 Å². The quantitative estimate of drug-likeness (QED) is 0.733. The van der Waals surface area contributed by atoms with Crippen LogP contribution in [0.1, 0.15) is 15.9 Å². The van der Waals surface area contributed by atoms with Crippen molar-refractivity contribution in [2.24, 2.45) is 0 Å². The molecule has 1 saturated heterocycles. The van der Waals surface area contributed by atoms with Crippen LogP contribution in [-0.4, -0.2) is 49.2 Å². The Morgan fingerprint density at radius 1 is 1.30 bits per heavy atom. The number of nitrogens with zero attached hydrogens (tertiary/aromatic N) is 1. The van der Waals surface area contributed by atoms with Gasteiger partial charge in [0, 0.05) is 24.5 Å². The number of benzene rings is 1. The molecule has 0 unspecified atom stereocenters. The zero-order chi connectivity index (χ0) is 14.1. The van der Waals surface area contributed by atoms with E-state index in [1.807, 2.05) is 0 Å². The van der Waals surface area contributed by atoms with Crippen LogP contribution in [0.3, 0.4) is 0 Å². The molecule has 1 aromatic rings.